The third kappa shape index (κ3) is 3.46. The number of rotatable bonds is 4. The molecule has 0 fully saturated rings. The molecular weight excluding hydrogens is 370 g/mol. The lowest BCUT2D eigenvalue weighted by Gasteiger charge is -2.11. The normalized spacial score (nSPS) is 11.2. The predicted octanol–water partition coefficient (Wildman–Crippen LogP) is 2.21. The fourth-order valence-electron chi connectivity index (χ4n) is 1.49. The largest absolute Gasteiger partial charge is 0.308 e. The summed E-state index contributed by atoms with van der Waals surface area (Å²) in [6.07, 6.45) is 1.22. The number of sulfonamides is 1. The molecule has 10 heteroatoms. The van der Waals surface area contributed by atoms with Crippen molar-refractivity contribution in [2.24, 2.45) is 5.84 Å². The SMILES string of the molecule is NNc1cc(S(=O)(=O)Nc2c(F)cc(F)cc2Br)ccn1. The van der Waals surface area contributed by atoms with Gasteiger partial charge in [0, 0.05) is 22.8 Å². The molecule has 2 aromatic rings. The van der Waals surface area contributed by atoms with Gasteiger partial charge in [-0.2, -0.15) is 0 Å². The van der Waals surface area contributed by atoms with Gasteiger partial charge in [-0.05, 0) is 28.1 Å². The maximum absolute atomic E-state index is 13.7. The molecule has 1 heterocycles. The van der Waals surface area contributed by atoms with E-state index >= 15 is 0 Å². The highest BCUT2D eigenvalue weighted by Gasteiger charge is 2.19. The molecule has 0 aliphatic rings. The Morgan fingerprint density at radius 2 is 1.95 bits per heavy atom. The van der Waals surface area contributed by atoms with Gasteiger partial charge < -0.3 is 5.43 Å². The van der Waals surface area contributed by atoms with E-state index in [1.807, 2.05) is 4.72 Å². The lowest BCUT2D eigenvalue weighted by molar-refractivity contribution is 0.581. The molecule has 0 saturated carbocycles. The summed E-state index contributed by atoms with van der Waals surface area (Å²) in [5.74, 6) is 3.39. The average Bonchev–Trinajstić information content (AvgIpc) is 2.43. The lowest BCUT2D eigenvalue weighted by atomic mass is 10.3. The molecule has 21 heavy (non-hydrogen) atoms. The third-order valence-electron chi connectivity index (χ3n) is 2.43. The standard InChI is InChI=1S/C11H9BrF2N4O2S/c12-8-3-6(13)4-9(14)11(8)18-21(19,20)7-1-2-16-10(5-7)17-15/h1-5,18H,15H2,(H,16,17). The van der Waals surface area contributed by atoms with Crippen LogP contribution >= 0.6 is 15.9 Å². The van der Waals surface area contributed by atoms with Crippen molar-refractivity contribution in [2.75, 3.05) is 10.1 Å². The minimum atomic E-state index is -4.08. The van der Waals surface area contributed by atoms with Crippen LogP contribution in [0.3, 0.4) is 0 Å². The predicted molar refractivity (Wildman–Crippen MR) is 76.9 cm³/mol. The molecule has 0 spiro atoms. The van der Waals surface area contributed by atoms with Crippen LogP contribution in [0.5, 0.6) is 0 Å². The summed E-state index contributed by atoms with van der Waals surface area (Å²) in [4.78, 5) is 3.58. The van der Waals surface area contributed by atoms with Gasteiger partial charge in [-0.15, -0.1) is 0 Å². The highest BCUT2D eigenvalue weighted by Crippen LogP contribution is 2.29. The van der Waals surface area contributed by atoms with Crippen LogP contribution in [0.4, 0.5) is 20.3 Å². The smallest absolute Gasteiger partial charge is 0.262 e. The van der Waals surface area contributed by atoms with E-state index in [-0.39, 0.29) is 15.2 Å². The van der Waals surface area contributed by atoms with E-state index in [1.165, 1.54) is 12.3 Å². The fraction of sp³-hybridized carbons (Fsp3) is 0. The quantitative estimate of drug-likeness (QED) is 0.559. The topological polar surface area (TPSA) is 97.1 Å². The van der Waals surface area contributed by atoms with Crippen molar-refractivity contribution in [1.29, 1.82) is 0 Å². The zero-order valence-electron chi connectivity index (χ0n) is 10.3. The summed E-state index contributed by atoms with van der Waals surface area (Å²) in [5.41, 5.74) is 1.80. The molecule has 0 amide bonds. The molecule has 1 aromatic carbocycles. The van der Waals surface area contributed by atoms with Crippen LogP contribution in [0.1, 0.15) is 0 Å². The molecule has 0 saturated heterocycles. The number of halogens is 3. The van der Waals surface area contributed by atoms with E-state index in [0.717, 1.165) is 12.1 Å². The van der Waals surface area contributed by atoms with E-state index in [0.29, 0.717) is 6.07 Å². The summed E-state index contributed by atoms with van der Waals surface area (Å²) in [5, 5.41) is 0. The van der Waals surface area contributed by atoms with Gasteiger partial charge in [0.2, 0.25) is 0 Å². The van der Waals surface area contributed by atoms with Crippen molar-refractivity contribution in [3.8, 4) is 0 Å². The van der Waals surface area contributed by atoms with Crippen LogP contribution < -0.4 is 16.0 Å². The first-order valence-corrected chi connectivity index (χ1v) is 7.71. The Morgan fingerprint density at radius 3 is 2.57 bits per heavy atom. The molecule has 0 atom stereocenters. The molecule has 2 rings (SSSR count). The zero-order chi connectivity index (χ0) is 15.6. The minimum absolute atomic E-state index is 0.0604. The first-order valence-electron chi connectivity index (χ1n) is 5.43. The summed E-state index contributed by atoms with van der Waals surface area (Å²) in [6.45, 7) is 0. The number of pyridine rings is 1. The maximum atomic E-state index is 13.7. The molecule has 0 unspecified atom stereocenters. The second-order valence-electron chi connectivity index (χ2n) is 3.87. The number of anilines is 2. The summed E-state index contributed by atoms with van der Waals surface area (Å²) in [6, 6.07) is 3.89. The Labute approximate surface area is 127 Å². The molecule has 0 aliphatic carbocycles. The highest BCUT2D eigenvalue weighted by atomic mass is 79.9. The van der Waals surface area contributed by atoms with Crippen LogP contribution in [0.15, 0.2) is 39.8 Å². The van der Waals surface area contributed by atoms with Gasteiger partial charge in [-0.1, -0.05) is 0 Å². The number of nitrogens with one attached hydrogen (secondary N) is 2. The van der Waals surface area contributed by atoms with Crippen molar-refractivity contribution < 1.29 is 17.2 Å². The molecule has 4 N–H and O–H groups in total. The van der Waals surface area contributed by atoms with Crippen LogP contribution in [0.25, 0.3) is 0 Å². The summed E-state index contributed by atoms with van der Waals surface area (Å²) in [7, 11) is -4.08. The monoisotopic (exact) mass is 378 g/mol. The number of hydrogen-bond acceptors (Lipinski definition) is 5. The maximum Gasteiger partial charge on any atom is 0.262 e. The number of hydrogen-bond donors (Lipinski definition) is 3. The van der Waals surface area contributed by atoms with Crippen molar-refractivity contribution >= 4 is 37.5 Å². The van der Waals surface area contributed by atoms with E-state index in [9.17, 15) is 17.2 Å². The third-order valence-corrected chi connectivity index (χ3v) is 4.41. The highest BCUT2D eigenvalue weighted by molar-refractivity contribution is 9.10. The van der Waals surface area contributed by atoms with Gasteiger partial charge in [0.1, 0.15) is 11.6 Å². The van der Waals surface area contributed by atoms with Crippen LogP contribution in [-0.4, -0.2) is 13.4 Å². The number of nitrogen functional groups attached to an aromatic ring is 1. The molecule has 1 aromatic heterocycles. The van der Waals surface area contributed by atoms with Gasteiger partial charge >= 0.3 is 0 Å². The first kappa shape index (κ1) is 15.6. The van der Waals surface area contributed by atoms with E-state index in [1.54, 1.807) is 0 Å². The molecule has 0 aliphatic heterocycles. The van der Waals surface area contributed by atoms with Gasteiger partial charge in [-0.3, -0.25) is 4.72 Å². The van der Waals surface area contributed by atoms with Crippen molar-refractivity contribution in [2.45, 2.75) is 4.90 Å². The van der Waals surface area contributed by atoms with E-state index in [2.05, 4.69) is 26.3 Å². The second-order valence-corrected chi connectivity index (χ2v) is 6.41. The van der Waals surface area contributed by atoms with Crippen LogP contribution in [-0.2, 0) is 10.0 Å². The first-order chi connectivity index (χ1) is 9.83. The average molecular weight is 379 g/mol. The van der Waals surface area contributed by atoms with Crippen LogP contribution in [0, 0.1) is 11.6 Å². The molecule has 6 nitrogen and oxygen atoms in total. The Hall–Kier alpha value is -1.78. The Bertz CT molecular complexity index is 763. The van der Waals surface area contributed by atoms with E-state index in [4.69, 9.17) is 5.84 Å². The number of aromatic nitrogens is 1. The van der Waals surface area contributed by atoms with Gasteiger partial charge in [0.05, 0.1) is 10.6 Å². The Balaban J connectivity index is 2.42. The van der Waals surface area contributed by atoms with E-state index < -0.39 is 27.3 Å². The molecule has 0 radical (unpaired) electrons. The Morgan fingerprint density at radius 1 is 1.24 bits per heavy atom. The van der Waals surface area contributed by atoms with Crippen LogP contribution in [0.2, 0.25) is 0 Å². The molecule has 0 bridgehead atoms. The number of hydrazine groups is 1. The minimum Gasteiger partial charge on any atom is -0.308 e. The molecule has 112 valence electrons. The molecular formula is C11H9BrF2N4O2S. The van der Waals surface area contributed by atoms with Gasteiger partial charge in [-0.25, -0.2) is 28.0 Å². The van der Waals surface area contributed by atoms with Gasteiger partial charge in [0.15, 0.2) is 5.82 Å². The number of benzene rings is 1. The number of nitrogens with zero attached hydrogens (tertiary/aromatic N) is 1. The zero-order valence-corrected chi connectivity index (χ0v) is 12.7. The fourth-order valence-corrected chi connectivity index (χ4v) is 3.23. The Kier molecular flexibility index (Phi) is 4.40. The van der Waals surface area contributed by atoms with Crippen molar-refractivity contribution in [3.63, 3.8) is 0 Å². The van der Waals surface area contributed by atoms with Crippen molar-refractivity contribution in [3.05, 3.63) is 46.6 Å². The lowest BCUT2D eigenvalue weighted by Crippen LogP contribution is -2.16. The summed E-state index contributed by atoms with van der Waals surface area (Å²) >= 11 is 2.90. The summed E-state index contributed by atoms with van der Waals surface area (Å²) < 4.78 is 53.0. The van der Waals surface area contributed by atoms with Gasteiger partial charge in [0.25, 0.3) is 10.0 Å². The van der Waals surface area contributed by atoms with Crippen molar-refractivity contribution in [1.82, 2.24) is 4.98 Å². The number of nitrogens with two attached hydrogens (primary N) is 1. The second kappa shape index (κ2) is 5.92.